The number of carbonyl (C=O) groups is 1. The van der Waals surface area contributed by atoms with Crippen molar-refractivity contribution in [2.45, 2.75) is 42.3 Å². The number of hydrogen-bond donors (Lipinski definition) is 3. The number of ether oxygens (including phenoxy) is 1. The van der Waals surface area contributed by atoms with Crippen LogP contribution in [0.1, 0.15) is 28.9 Å². The summed E-state index contributed by atoms with van der Waals surface area (Å²) < 4.78 is 28.2. The molecule has 0 saturated carbocycles. The highest BCUT2D eigenvalue weighted by Crippen LogP contribution is 2.31. The van der Waals surface area contributed by atoms with E-state index >= 15 is 0 Å². The minimum absolute atomic E-state index is 0.0237. The highest BCUT2D eigenvalue weighted by molar-refractivity contribution is 7.89. The molecule has 2 aliphatic rings. The fourth-order valence-corrected chi connectivity index (χ4v) is 4.83. The van der Waals surface area contributed by atoms with Crippen molar-refractivity contribution in [1.82, 2.24) is 10.6 Å². The average molecular weight is 393 g/mol. The van der Waals surface area contributed by atoms with Crippen LogP contribution in [0.25, 0.3) is 0 Å². The summed E-state index contributed by atoms with van der Waals surface area (Å²) >= 11 is 1.25. The SMILES string of the molecule is NS(=O)(=O)c1ccc(Oc2ccc(C(=O)NC3CC4CCC3N4)s2)cc1. The molecule has 0 spiro atoms. The standard InChI is InChI=1S/C17H19N3O4S2/c18-26(22,23)12-4-2-11(3-5-12)24-16-8-7-15(25-16)17(21)20-14-9-10-1-6-13(14)19-10/h2-5,7-8,10,13-14,19H,1,6,9H2,(H,20,21)(H2,18,22,23). The van der Waals surface area contributed by atoms with Gasteiger partial charge in [-0.2, -0.15) is 0 Å². The van der Waals surface area contributed by atoms with Crippen molar-refractivity contribution in [1.29, 1.82) is 0 Å². The number of rotatable bonds is 5. The molecule has 138 valence electrons. The molecule has 2 fully saturated rings. The lowest BCUT2D eigenvalue weighted by Gasteiger charge is -2.20. The zero-order valence-corrected chi connectivity index (χ0v) is 15.5. The van der Waals surface area contributed by atoms with Gasteiger partial charge in [-0.25, -0.2) is 13.6 Å². The molecule has 3 unspecified atom stereocenters. The van der Waals surface area contributed by atoms with E-state index in [-0.39, 0.29) is 16.8 Å². The lowest BCUT2D eigenvalue weighted by atomic mass is 9.95. The van der Waals surface area contributed by atoms with Crippen molar-refractivity contribution >= 4 is 27.3 Å². The van der Waals surface area contributed by atoms with Crippen LogP contribution < -0.4 is 20.5 Å². The molecule has 3 atom stereocenters. The van der Waals surface area contributed by atoms with Crippen LogP contribution in [-0.4, -0.2) is 32.5 Å². The third-order valence-corrected chi connectivity index (χ3v) is 6.68. The third-order valence-electron chi connectivity index (χ3n) is 4.79. The minimum atomic E-state index is -3.73. The molecular formula is C17H19N3O4S2. The van der Waals surface area contributed by atoms with Crippen LogP contribution in [0.3, 0.4) is 0 Å². The third kappa shape index (κ3) is 3.61. The Morgan fingerprint density at radius 3 is 2.58 bits per heavy atom. The number of carbonyl (C=O) groups excluding carboxylic acids is 1. The Balaban J connectivity index is 1.39. The van der Waals surface area contributed by atoms with Crippen LogP contribution in [0.4, 0.5) is 0 Å². The molecule has 2 aromatic rings. The number of nitrogens with two attached hydrogens (primary N) is 1. The van der Waals surface area contributed by atoms with Gasteiger partial charge < -0.3 is 15.4 Å². The molecule has 26 heavy (non-hydrogen) atoms. The molecule has 0 radical (unpaired) electrons. The summed E-state index contributed by atoms with van der Waals surface area (Å²) in [5.41, 5.74) is 0. The summed E-state index contributed by atoms with van der Waals surface area (Å²) in [6.07, 6.45) is 3.29. The van der Waals surface area contributed by atoms with Crippen LogP contribution in [-0.2, 0) is 10.0 Å². The first kappa shape index (κ1) is 17.5. The monoisotopic (exact) mass is 393 g/mol. The maximum absolute atomic E-state index is 12.4. The Bertz CT molecular complexity index is 924. The van der Waals surface area contributed by atoms with Crippen LogP contribution >= 0.6 is 11.3 Å². The largest absolute Gasteiger partial charge is 0.447 e. The number of sulfonamides is 1. The second-order valence-corrected chi connectivity index (χ2v) is 9.21. The molecule has 3 heterocycles. The summed E-state index contributed by atoms with van der Waals surface area (Å²) in [7, 11) is -3.73. The highest BCUT2D eigenvalue weighted by Gasteiger charge is 2.39. The molecule has 4 rings (SSSR count). The Morgan fingerprint density at radius 2 is 1.96 bits per heavy atom. The van der Waals surface area contributed by atoms with E-state index in [4.69, 9.17) is 9.88 Å². The molecule has 4 N–H and O–H groups in total. The van der Waals surface area contributed by atoms with E-state index in [2.05, 4.69) is 10.6 Å². The highest BCUT2D eigenvalue weighted by atomic mass is 32.2. The second-order valence-electron chi connectivity index (χ2n) is 6.60. The van der Waals surface area contributed by atoms with Crippen molar-refractivity contribution in [2.24, 2.45) is 5.14 Å². The van der Waals surface area contributed by atoms with Crippen molar-refractivity contribution in [2.75, 3.05) is 0 Å². The quantitative estimate of drug-likeness (QED) is 0.718. The first-order valence-corrected chi connectivity index (χ1v) is 10.7. The number of primary sulfonamides is 1. The van der Waals surface area contributed by atoms with Gasteiger partial charge in [-0.3, -0.25) is 4.79 Å². The zero-order valence-electron chi connectivity index (χ0n) is 13.8. The minimum Gasteiger partial charge on any atom is -0.447 e. The summed E-state index contributed by atoms with van der Waals surface area (Å²) in [4.78, 5) is 13.0. The van der Waals surface area contributed by atoms with Crippen LogP contribution in [0.2, 0.25) is 0 Å². The molecule has 7 nitrogen and oxygen atoms in total. The fourth-order valence-electron chi connectivity index (χ4n) is 3.53. The molecule has 1 aromatic carbocycles. The van der Waals surface area contributed by atoms with E-state index in [1.807, 2.05) is 0 Å². The number of hydrogen-bond acceptors (Lipinski definition) is 6. The molecule has 0 aliphatic carbocycles. The average Bonchev–Trinajstić information content (AvgIpc) is 3.31. The van der Waals surface area contributed by atoms with Crippen molar-refractivity contribution in [3.63, 3.8) is 0 Å². The van der Waals surface area contributed by atoms with Gasteiger partial charge in [0.15, 0.2) is 5.06 Å². The van der Waals surface area contributed by atoms with Gasteiger partial charge in [-0.05, 0) is 55.7 Å². The van der Waals surface area contributed by atoms with Crippen LogP contribution in [0.5, 0.6) is 10.8 Å². The van der Waals surface area contributed by atoms with Gasteiger partial charge in [0.05, 0.1) is 9.77 Å². The van der Waals surface area contributed by atoms with Gasteiger partial charge >= 0.3 is 0 Å². The molecule has 1 aromatic heterocycles. The normalized spacial score (nSPS) is 24.6. The Morgan fingerprint density at radius 1 is 1.19 bits per heavy atom. The maximum atomic E-state index is 12.4. The summed E-state index contributed by atoms with van der Waals surface area (Å²) in [6, 6.07) is 10.4. The van der Waals surface area contributed by atoms with Gasteiger partial charge in [0, 0.05) is 18.1 Å². The Hall–Kier alpha value is -1.94. The van der Waals surface area contributed by atoms with E-state index in [0.717, 1.165) is 12.8 Å². The molecule has 2 saturated heterocycles. The predicted molar refractivity (Wildman–Crippen MR) is 98.0 cm³/mol. The fraction of sp³-hybridized carbons (Fsp3) is 0.353. The van der Waals surface area contributed by atoms with Gasteiger partial charge in [0.1, 0.15) is 5.75 Å². The molecule has 2 bridgehead atoms. The number of amides is 1. The topological polar surface area (TPSA) is 111 Å². The smallest absolute Gasteiger partial charge is 0.261 e. The van der Waals surface area contributed by atoms with E-state index in [1.165, 1.54) is 42.0 Å². The number of benzene rings is 1. The van der Waals surface area contributed by atoms with Crippen molar-refractivity contribution in [3.8, 4) is 10.8 Å². The van der Waals surface area contributed by atoms with E-state index in [9.17, 15) is 13.2 Å². The van der Waals surface area contributed by atoms with E-state index in [1.54, 1.807) is 12.1 Å². The Kier molecular flexibility index (Phi) is 4.47. The summed E-state index contributed by atoms with van der Waals surface area (Å²) in [5, 5.41) is 12.2. The van der Waals surface area contributed by atoms with Gasteiger partial charge in [0.25, 0.3) is 5.91 Å². The molecule has 9 heteroatoms. The van der Waals surface area contributed by atoms with Crippen molar-refractivity contribution in [3.05, 3.63) is 41.3 Å². The van der Waals surface area contributed by atoms with Crippen molar-refractivity contribution < 1.29 is 17.9 Å². The van der Waals surface area contributed by atoms with Crippen LogP contribution in [0, 0.1) is 0 Å². The number of thiophene rings is 1. The lowest BCUT2D eigenvalue weighted by Crippen LogP contribution is -2.42. The molecule has 1 amide bonds. The summed E-state index contributed by atoms with van der Waals surface area (Å²) in [5.74, 6) is 0.386. The van der Waals surface area contributed by atoms with Gasteiger partial charge in [-0.15, -0.1) is 0 Å². The van der Waals surface area contributed by atoms with E-state index in [0.29, 0.717) is 27.8 Å². The maximum Gasteiger partial charge on any atom is 0.261 e. The van der Waals surface area contributed by atoms with Crippen LogP contribution in [0.15, 0.2) is 41.3 Å². The Labute approximate surface area is 155 Å². The molecule has 2 aliphatic heterocycles. The second kappa shape index (κ2) is 6.66. The first-order valence-electron chi connectivity index (χ1n) is 8.36. The number of fused-ring (bicyclic) bond motifs is 2. The van der Waals surface area contributed by atoms with Gasteiger partial charge in [0.2, 0.25) is 10.0 Å². The predicted octanol–water partition coefficient (Wildman–Crippen LogP) is 1.81. The summed E-state index contributed by atoms with van der Waals surface area (Å²) in [6.45, 7) is 0. The lowest BCUT2D eigenvalue weighted by molar-refractivity contribution is 0.0935. The number of nitrogens with one attached hydrogen (secondary N) is 2. The molecular weight excluding hydrogens is 374 g/mol. The van der Waals surface area contributed by atoms with E-state index < -0.39 is 10.0 Å². The van der Waals surface area contributed by atoms with Gasteiger partial charge in [-0.1, -0.05) is 11.3 Å². The zero-order chi connectivity index (χ0) is 18.3. The first-order chi connectivity index (χ1) is 12.4.